The Morgan fingerprint density at radius 3 is 2.90 bits per heavy atom. The molecule has 0 aromatic rings. The van der Waals surface area contributed by atoms with Crippen molar-refractivity contribution < 1.29 is 13.2 Å². The first-order valence-corrected chi connectivity index (χ1v) is 8.28. The molecule has 1 fully saturated rings. The van der Waals surface area contributed by atoms with Crippen LogP contribution < -0.4 is 15.2 Å². The first-order chi connectivity index (χ1) is 9.33. The van der Waals surface area contributed by atoms with Gasteiger partial charge in [-0.25, -0.2) is 9.86 Å². The lowest BCUT2D eigenvalue weighted by molar-refractivity contribution is -0.126. The topological polar surface area (TPSA) is 105 Å². The lowest BCUT2D eigenvalue weighted by atomic mass is 9.97. The second-order valence-electron chi connectivity index (χ2n) is 5.11. The van der Waals surface area contributed by atoms with E-state index in [9.17, 15) is 13.2 Å². The van der Waals surface area contributed by atoms with E-state index < -0.39 is 10.2 Å². The Morgan fingerprint density at radius 1 is 1.60 bits per heavy atom. The van der Waals surface area contributed by atoms with E-state index in [-0.39, 0.29) is 17.9 Å². The van der Waals surface area contributed by atoms with Crippen molar-refractivity contribution in [1.82, 2.24) is 14.9 Å². The summed E-state index contributed by atoms with van der Waals surface area (Å²) < 4.78 is 24.1. The minimum atomic E-state index is -3.65. The van der Waals surface area contributed by atoms with E-state index in [1.807, 2.05) is 6.92 Å². The van der Waals surface area contributed by atoms with Crippen LogP contribution in [0.2, 0.25) is 0 Å². The predicted molar refractivity (Wildman–Crippen MR) is 78.1 cm³/mol. The molecule has 1 aliphatic rings. The fourth-order valence-corrected chi connectivity index (χ4v) is 2.80. The number of carbonyl (C=O) groups is 1. The number of likely N-dealkylation sites (tertiary alicyclic amines) is 1. The maximum absolute atomic E-state index is 11.9. The lowest BCUT2D eigenvalue weighted by Gasteiger charge is -2.36. The Balaban J connectivity index is 2.47. The molecule has 1 heterocycles. The number of nitrogens with zero attached hydrogens (tertiary/aromatic N) is 1. The summed E-state index contributed by atoms with van der Waals surface area (Å²) in [6.07, 6.45) is 3.51. The molecule has 116 valence electrons. The Hall–Kier alpha value is -0.960. The molecule has 2 atom stereocenters. The summed E-state index contributed by atoms with van der Waals surface area (Å²) in [7, 11) is -3.65. The Bertz CT molecular complexity index is 438. The van der Waals surface area contributed by atoms with Gasteiger partial charge in [-0.1, -0.05) is 6.08 Å². The largest absolute Gasteiger partial charge is 0.351 e. The van der Waals surface area contributed by atoms with Gasteiger partial charge in [0.15, 0.2) is 0 Å². The van der Waals surface area contributed by atoms with Crippen molar-refractivity contribution in [2.24, 2.45) is 11.1 Å². The molecule has 1 saturated heterocycles. The lowest BCUT2D eigenvalue weighted by Crippen LogP contribution is -2.50. The average molecular weight is 304 g/mol. The Morgan fingerprint density at radius 2 is 2.30 bits per heavy atom. The molecule has 0 aromatic carbocycles. The molecule has 0 radical (unpaired) electrons. The molecule has 0 bridgehead atoms. The van der Waals surface area contributed by atoms with Crippen LogP contribution in [0.4, 0.5) is 0 Å². The normalized spacial score (nSPS) is 22.2. The van der Waals surface area contributed by atoms with Crippen molar-refractivity contribution in [2.75, 3.05) is 26.2 Å². The third-order valence-corrected chi connectivity index (χ3v) is 4.04. The highest BCUT2D eigenvalue weighted by Gasteiger charge is 2.27. The first-order valence-electron chi connectivity index (χ1n) is 6.73. The molecule has 0 unspecified atom stereocenters. The molecular weight excluding hydrogens is 280 g/mol. The van der Waals surface area contributed by atoms with Crippen LogP contribution in [-0.4, -0.2) is 51.4 Å². The van der Waals surface area contributed by atoms with Crippen molar-refractivity contribution >= 4 is 16.1 Å². The van der Waals surface area contributed by atoms with Crippen LogP contribution in [0.1, 0.15) is 19.8 Å². The molecular formula is C12H24N4O3S. The van der Waals surface area contributed by atoms with Gasteiger partial charge in [-0.05, 0) is 32.2 Å². The van der Waals surface area contributed by atoms with E-state index in [0.717, 1.165) is 19.4 Å². The number of hydrogen-bond acceptors (Lipinski definition) is 4. The van der Waals surface area contributed by atoms with E-state index in [0.29, 0.717) is 19.6 Å². The number of rotatable bonds is 7. The van der Waals surface area contributed by atoms with Crippen LogP contribution >= 0.6 is 0 Å². The summed E-state index contributed by atoms with van der Waals surface area (Å²) in [5.41, 5.74) is 0. The smallest absolute Gasteiger partial charge is 0.274 e. The highest BCUT2D eigenvalue weighted by molar-refractivity contribution is 7.87. The van der Waals surface area contributed by atoms with Crippen molar-refractivity contribution in [3.63, 3.8) is 0 Å². The van der Waals surface area contributed by atoms with Crippen molar-refractivity contribution in [3.05, 3.63) is 12.7 Å². The quantitative estimate of drug-likeness (QED) is 0.535. The molecule has 0 saturated carbocycles. The number of carbonyl (C=O) groups excluding carboxylic acids is 1. The predicted octanol–water partition coefficient (Wildman–Crippen LogP) is -0.818. The number of nitrogens with one attached hydrogen (secondary N) is 2. The summed E-state index contributed by atoms with van der Waals surface area (Å²) in [5.74, 6) is 0.140. The van der Waals surface area contributed by atoms with Gasteiger partial charge in [0, 0.05) is 19.6 Å². The van der Waals surface area contributed by atoms with Gasteiger partial charge >= 0.3 is 0 Å². The molecule has 1 amide bonds. The minimum Gasteiger partial charge on any atom is -0.351 e. The number of hydrogen-bond donors (Lipinski definition) is 3. The van der Waals surface area contributed by atoms with Crippen LogP contribution in [-0.2, 0) is 15.0 Å². The molecule has 20 heavy (non-hydrogen) atoms. The van der Waals surface area contributed by atoms with Gasteiger partial charge in [0.1, 0.15) is 0 Å². The van der Waals surface area contributed by atoms with Gasteiger partial charge in [-0.15, -0.1) is 6.58 Å². The monoisotopic (exact) mass is 304 g/mol. The van der Waals surface area contributed by atoms with E-state index in [1.54, 1.807) is 6.08 Å². The minimum absolute atomic E-state index is 0.0371. The maximum atomic E-state index is 11.9. The highest BCUT2D eigenvalue weighted by atomic mass is 32.2. The average Bonchev–Trinajstić information content (AvgIpc) is 2.41. The zero-order valence-electron chi connectivity index (χ0n) is 11.8. The SMILES string of the molecule is C=CCNC(=O)[C@@H](C)N1CCC[C@H](CNS(N)(=O)=O)C1. The van der Waals surface area contributed by atoms with Gasteiger partial charge in [-0.3, -0.25) is 9.69 Å². The summed E-state index contributed by atoms with van der Waals surface area (Å²) in [6.45, 7) is 7.71. The molecule has 1 rings (SSSR count). The van der Waals surface area contributed by atoms with E-state index in [4.69, 9.17) is 5.14 Å². The van der Waals surface area contributed by atoms with E-state index in [2.05, 4.69) is 21.5 Å². The van der Waals surface area contributed by atoms with Crippen molar-refractivity contribution in [2.45, 2.75) is 25.8 Å². The van der Waals surface area contributed by atoms with Crippen LogP contribution in [0.25, 0.3) is 0 Å². The fourth-order valence-electron chi connectivity index (χ4n) is 2.34. The van der Waals surface area contributed by atoms with Crippen LogP contribution in [0.3, 0.4) is 0 Å². The van der Waals surface area contributed by atoms with Crippen molar-refractivity contribution in [1.29, 1.82) is 0 Å². The molecule has 4 N–H and O–H groups in total. The highest BCUT2D eigenvalue weighted by Crippen LogP contribution is 2.18. The molecule has 0 aromatic heterocycles. The molecule has 8 heteroatoms. The van der Waals surface area contributed by atoms with E-state index in [1.165, 1.54) is 0 Å². The first kappa shape index (κ1) is 17.1. The van der Waals surface area contributed by atoms with Gasteiger partial charge < -0.3 is 5.32 Å². The number of nitrogens with two attached hydrogens (primary N) is 1. The van der Waals surface area contributed by atoms with Crippen LogP contribution in [0.5, 0.6) is 0 Å². The third kappa shape index (κ3) is 6.00. The van der Waals surface area contributed by atoms with Crippen molar-refractivity contribution in [3.8, 4) is 0 Å². The Kier molecular flexibility index (Phi) is 6.60. The summed E-state index contributed by atoms with van der Waals surface area (Å²) in [6, 6.07) is -0.229. The summed E-state index contributed by atoms with van der Waals surface area (Å²) >= 11 is 0. The van der Waals surface area contributed by atoms with E-state index >= 15 is 0 Å². The second kappa shape index (κ2) is 7.72. The Labute approximate surface area is 120 Å². The van der Waals surface area contributed by atoms with Crippen LogP contribution in [0, 0.1) is 5.92 Å². The summed E-state index contributed by atoms with van der Waals surface area (Å²) in [4.78, 5) is 14.0. The summed E-state index contributed by atoms with van der Waals surface area (Å²) in [5, 5.41) is 7.69. The standard InChI is InChI=1S/C12H24N4O3S/c1-3-6-14-12(17)10(2)16-7-4-5-11(9-16)8-15-20(13,18)19/h3,10-11,15H,1,4-9H2,2H3,(H,14,17)(H2,13,18,19)/t10-,11-/m1/s1. The third-order valence-electron chi connectivity index (χ3n) is 3.47. The fraction of sp³-hybridized carbons (Fsp3) is 0.750. The zero-order valence-corrected chi connectivity index (χ0v) is 12.7. The molecule has 7 nitrogen and oxygen atoms in total. The number of amides is 1. The van der Waals surface area contributed by atoms with Crippen LogP contribution in [0.15, 0.2) is 12.7 Å². The van der Waals surface area contributed by atoms with Gasteiger partial charge in [0.05, 0.1) is 6.04 Å². The number of piperidine rings is 1. The van der Waals surface area contributed by atoms with Gasteiger partial charge in [-0.2, -0.15) is 8.42 Å². The van der Waals surface area contributed by atoms with Gasteiger partial charge in [0.2, 0.25) is 5.91 Å². The van der Waals surface area contributed by atoms with Gasteiger partial charge in [0.25, 0.3) is 10.2 Å². The second-order valence-corrected chi connectivity index (χ2v) is 6.49. The molecule has 0 spiro atoms. The molecule has 0 aliphatic carbocycles. The molecule has 1 aliphatic heterocycles. The zero-order chi connectivity index (χ0) is 15.2. The maximum Gasteiger partial charge on any atom is 0.274 e.